The zero-order valence-electron chi connectivity index (χ0n) is 12.7. The fourth-order valence-electron chi connectivity index (χ4n) is 1.52. The van der Waals surface area contributed by atoms with Crippen molar-refractivity contribution < 1.29 is 9.47 Å². The van der Waals surface area contributed by atoms with Gasteiger partial charge in [-0.1, -0.05) is 12.1 Å². The van der Waals surface area contributed by atoms with Crippen molar-refractivity contribution in [3.05, 3.63) is 24.3 Å². The summed E-state index contributed by atoms with van der Waals surface area (Å²) >= 11 is 0. The van der Waals surface area contributed by atoms with Crippen LogP contribution in [0.2, 0.25) is 0 Å². The van der Waals surface area contributed by atoms with Gasteiger partial charge >= 0.3 is 0 Å². The van der Waals surface area contributed by atoms with E-state index < -0.39 is 0 Å². The van der Waals surface area contributed by atoms with Gasteiger partial charge in [0.25, 0.3) is 0 Å². The second-order valence-corrected chi connectivity index (χ2v) is 5.38. The average Bonchev–Trinajstić information content (AvgIpc) is 2.38. The summed E-state index contributed by atoms with van der Waals surface area (Å²) in [5.74, 6) is 1.56. The van der Waals surface area contributed by atoms with Crippen molar-refractivity contribution in [1.29, 1.82) is 0 Å². The Morgan fingerprint density at radius 2 is 1.79 bits per heavy atom. The molecule has 4 heteroatoms. The fourth-order valence-corrected chi connectivity index (χ4v) is 1.52. The molecule has 1 rings (SSSR count). The number of para-hydroxylation sites is 2. The Kier molecular flexibility index (Phi) is 6.12. The first-order chi connectivity index (χ1) is 8.97. The molecule has 0 aliphatic carbocycles. The third kappa shape index (κ3) is 5.09. The number of benzene rings is 1. The van der Waals surface area contributed by atoms with E-state index in [1.165, 1.54) is 0 Å². The molecule has 0 aliphatic heterocycles. The maximum atomic E-state index is 5.70. The molecule has 0 bridgehead atoms. The SMILES string of the molecule is COc1ccccc1OCCNCC(C)(C)N(C)C. The Labute approximate surface area is 116 Å². The molecule has 0 radical (unpaired) electrons. The Morgan fingerprint density at radius 3 is 2.37 bits per heavy atom. The van der Waals surface area contributed by atoms with Crippen molar-refractivity contribution in [3.63, 3.8) is 0 Å². The molecule has 4 nitrogen and oxygen atoms in total. The number of nitrogens with one attached hydrogen (secondary N) is 1. The van der Waals surface area contributed by atoms with Crippen LogP contribution in [-0.4, -0.2) is 51.3 Å². The second-order valence-electron chi connectivity index (χ2n) is 5.38. The van der Waals surface area contributed by atoms with E-state index in [1.807, 2.05) is 24.3 Å². The molecule has 0 unspecified atom stereocenters. The molecule has 0 amide bonds. The molecular formula is C15H26N2O2. The quantitative estimate of drug-likeness (QED) is 0.730. The fraction of sp³-hybridized carbons (Fsp3) is 0.600. The zero-order valence-corrected chi connectivity index (χ0v) is 12.7. The van der Waals surface area contributed by atoms with E-state index in [1.54, 1.807) is 7.11 Å². The van der Waals surface area contributed by atoms with Gasteiger partial charge in [-0.3, -0.25) is 0 Å². The first-order valence-corrected chi connectivity index (χ1v) is 6.61. The molecule has 1 N–H and O–H groups in total. The van der Waals surface area contributed by atoms with Crippen LogP contribution in [0.1, 0.15) is 13.8 Å². The minimum absolute atomic E-state index is 0.143. The van der Waals surface area contributed by atoms with E-state index in [2.05, 4.69) is 38.2 Å². The number of nitrogens with zero attached hydrogens (tertiary/aromatic N) is 1. The van der Waals surface area contributed by atoms with Crippen molar-refractivity contribution in [3.8, 4) is 11.5 Å². The van der Waals surface area contributed by atoms with Crippen LogP contribution >= 0.6 is 0 Å². The first kappa shape index (κ1) is 15.8. The summed E-state index contributed by atoms with van der Waals surface area (Å²) < 4.78 is 10.9. The molecule has 0 saturated carbocycles. The van der Waals surface area contributed by atoms with Crippen molar-refractivity contribution >= 4 is 0 Å². The van der Waals surface area contributed by atoms with Crippen molar-refractivity contribution in [2.75, 3.05) is 40.9 Å². The van der Waals surface area contributed by atoms with Gasteiger partial charge in [0.05, 0.1) is 7.11 Å². The number of likely N-dealkylation sites (N-methyl/N-ethyl adjacent to an activating group) is 1. The number of rotatable bonds is 8. The standard InChI is InChI=1S/C15H26N2O2/c1-15(2,17(3)4)12-16-10-11-19-14-9-7-6-8-13(14)18-5/h6-9,16H,10-12H2,1-5H3. The number of methoxy groups -OCH3 is 1. The van der Waals surface area contributed by atoms with Crippen LogP contribution in [0.25, 0.3) is 0 Å². The average molecular weight is 266 g/mol. The highest BCUT2D eigenvalue weighted by atomic mass is 16.5. The lowest BCUT2D eigenvalue weighted by molar-refractivity contribution is 0.186. The molecule has 0 saturated heterocycles. The van der Waals surface area contributed by atoms with Gasteiger partial charge in [0.1, 0.15) is 6.61 Å². The van der Waals surface area contributed by atoms with Gasteiger partial charge in [-0.2, -0.15) is 0 Å². The van der Waals surface area contributed by atoms with Crippen LogP contribution in [0.15, 0.2) is 24.3 Å². The van der Waals surface area contributed by atoms with Crippen LogP contribution in [0, 0.1) is 0 Å². The molecule has 1 aromatic rings. The predicted molar refractivity (Wildman–Crippen MR) is 79.1 cm³/mol. The smallest absolute Gasteiger partial charge is 0.161 e. The summed E-state index contributed by atoms with van der Waals surface area (Å²) in [5.41, 5.74) is 0.143. The monoisotopic (exact) mass is 266 g/mol. The highest BCUT2D eigenvalue weighted by Crippen LogP contribution is 2.25. The first-order valence-electron chi connectivity index (χ1n) is 6.61. The van der Waals surface area contributed by atoms with Gasteiger partial charge in [-0.15, -0.1) is 0 Å². The Morgan fingerprint density at radius 1 is 1.16 bits per heavy atom. The summed E-state index contributed by atoms with van der Waals surface area (Å²) in [6, 6.07) is 7.70. The zero-order chi connectivity index (χ0) is 14.3. The van der Waals surface area contributed by atoms with E-state index in [4.69, 9.17) is 9.47 Å². The molecule has 0 heterocycles. The van der Waals surface area contributed by atoms with E-state index in [-0.39, 0.29) is 5.54 Å². The minimum atomic E-state index is 0.143. The lowest BCUT2D eigenvalue weighted by atomic mass is 10.0. The van der Waals surface area contributed by atoms with Gasteiger partial charge in [-0.05, 0) is 40.1 Å². The molecule has 0 aliphatic rings. The summed E-state index contributed by atoms with van der Waals surface area (Å²) in [6.45, 7) is 6.79. The lowest BCUT2D eigenvalue weighted by Gasteiger charge is -2.32. The largest absolute Gasteiger partial charge is 0.493 e. The third-order valence-corrected chi connectivity index (χ3v) is 3.37. The molecule has 19 heavy (non-hydrogen) atoms. The minimum Gasteiger partial charge on any atom is -0.493 e. The molecule has 0 spiro atoms. The summed E-state index contributed by atoms with van der Waals surface area (Å²) in [7, 11) is 5.83. The maximum Gasteiger partial charge on any atom is 0.161 e. The van der Waals surface area contributed by atoms with Gasteiger partial charge in [-0.25, -0.2) is 0 Å². The molecular weight excluding hydrogens is 240 g/mol. The number of ether oxygens (including phenoxy) is 2. The highest BCUT2D eigenvalue weighted by Gasteiger charge is 2.19. The molecule has 1 aromatic carbocycles. The van der Waals surface area contributed by atoms with E-state index in [0.717, 1.165) is 24.6 Å². The second kappa shape index (κ2) is 7.36. The third-order valence-electron chi connectivity index (χ3n) is 3.37. The van der Waals surface area contributed by atoms with E-state index >= 15 is 0 Å². The predicted octanol–water partition coefficient (Wildman–Crippen LogP) is 2.00. The Bertz CT molecular complexity index is 378. The van der Waals surface area contributed by atoms with Crippen LogP contribution in [-0.2, 0) is 0 Å². The summed E-state index contributed by atoms with van der Waals surface area (Å²) in [4.78, 5) is 2.21. The van der Waals surface area contributed by atoms with Gasteiger partial charge in [0.15, 0.2) is 11.5 Å². The topological polar surface area (TPSA) is 33.7 Å². The normalized spacial score (nSPS) is 11.7. The van der Waals surface area contributed by atoms with Gasteiger partial charge < -0.3 is 19.7 Å². The Hall–Kier alpha value is -1.26. The number of hydrogen-bond donors (Lipinski definition) is 1. The lowest BCUT2D eigenvalue weighted by Crippen LogP contribution is -2.47. The van der Waals surface area contributed by atoms with Crippen molar-refractivity contribution in [2.45, 2.75) is 19.4 Å². The van der Waals surface area contributed by atoms with Crippen LogP contribution in [0.3, 0.4) is 0 Å². The Balaban J connectivity index is 2.28. The van der Waals surface area contributed by atoms with E-state index in [9.17, 15) is 0 Å². The van der Waals surface area contributed by atoms with Gasteiger partial charge in [0, 0.05) is 18.6 Å². The number of hydrogen-bond acceptors (Lipinski definition) is 4. The van der Waals surface area contributed by atoms with Gasteiger partial charge in [0.2, 0.25) is 0 Å². The van der Waals surface area contributed by atoms with Crippen molar-refractivity contribution in [1.82, 2.24) is 10.2 Å². The molecule has 0 atom stereocenters. The molecule has 108 valence electrons. The van der Waals surface area contributed by atoms with E-state index in [0.29, 0.717) is 6.61 Å². The molecule has 0 fully saturated rings. The van der Waals surface area contributed by atoms with Crippen LogP contribution in [0.4, 0.5) is 0 Å². The molecule has 0 aromatic heterocycles. The summed E-state index contributed by atoms with van der Waals surface area (Å²) in [5, 5.41) is 3.41. The summed E-state index contributed by atoms with van der Waals surface area (Å²) in [6.07, 6.45) is 0. The van der Waals surface area contributed by atoms with Crippen LogP contribution in [0.5, 0.6) is 11.5 Å². The highest BCUT2D eigenvalue weighted by molar-refractivity contribution is 5.39. The maximum absolute atomic E-state index is 5.70. The van der Waals surface area contributed by atoms with Crippen molar-refractivity contribution in [2.24, 2.45) is 0 Å². The van der Waals surface area contributed by atoms with Crippen LogP contribution < -0.4 is 14.8 Å².